The summed E-state index contributed by atoms with van der Waals surface area (Å²) < 4.78 is 4.60. The van der Waals surface area contributed by atoms with Crippen molar-refractivity contribution in [3.05, 3.63) is 0 Å². The highest BCUT2D eigenvalue weighted by Crippen LogP contribution is 2.25. The molecule has 0 aromatic heterocycles. The lowest BCUT2D eigenvalue weighted by molar-refractivity contribution is -0.169. The molecule has 6 nitrogen and oxygen atoms in total. The zero-order valence-electron chi connectivity index (χ0n) is 8.77. The first-order chi connectivity index (χ1) is 6.88. The second-order valence-corrected chi connectivity index (χ2v) is 3.40. The number of rotatable bonds is 6. The fourth-order valence-corrected chi connectivity index (χ4v) is 1.08. The molecule has 0 radical (unpaired) electrons. The van der Waals surface area contributed by atoms with Crippen LogP contribution < -0.4 is 0 Å². The van der Waals surface area contributed by atoms with Gasteiger partial charge >= 0.3 is 11.9 Å². The lowest BCUT2D eigenvalue weighted by Gasteiger charge is -2.24. The topological polar surface area (TPSA) is 104 Å². The molecule has 0 heterocycles. The van der Waals surface area contributed by atoms with Gasteiger partial charge in [-0.1, -0.05) is 0 Å². The van der Waals surface area contributed by atoms with Crippen LogP contribution >= 0.6 is 0 Å². The van der Waals surface area contributed by atoms with Crippen LogP contribution in [-0.4, -0.2) is 46.6 Å². The van der Waals surface area contributed by atoms with Crippen molar-refractivity contribution in [1.82, 2.24) is 0 Å². The molecule has 0 saturated heterocycles. The van der Waals surface area contributed by atoms with Gasteiger partial charge in [-0.2, -0.15) is 0 Å². The van der Waals surface area contributed by atoms with Gasteiger partial charge in [0.25, 0.3) is 0 Å². The summed E-state index contributed by atoms with van der Waals surface area (Å²) in [6, 6.07) is 0. The molecule has 15 heavy (non-hydrogen) atoms. The van der Waals surface area contributed by atoms with Crippen molar-refractivity contribution in [3.63, 3.8) is 0 Å². The van der Waals surface area contributed by atoms with Crippen molar-refractivity contribution in [2.75, 3.05) is 13.2 Å². The zero-order chi connectivity index (χ0) is 12.1. The molecule has 0 aliphatic rings. The monoisotopic (exact) mass is 220 g/mol. The van der Waals surface area contributed by atoms with Gasteiger partial charge in [0.1, 0.15) is 0 Å². The van der Waals surface area contributed by atoms with Crippen molar-refractivity contribution >= 4 is 11.9 Å². The molecule has 0 bridgehead atoms. The van der Waals surface area contributed by atoms with Crippen molar-refractivity contribution in [1.29, 1.82) is 0 Å². The maximum absolute atomic E-state index is 11.4. The molecule has 88 valence electrons. The Labute approximate surface area is 87.5 Å². The summed E-state index contributed by atoms with van der Waals surface area (Å²) in [5.41, 5.74) is -1.82. The Morgan fingerprint density at radius 2 is 2.00 bits per heavy atom. The van der Waals surface area contributed by atoms with Gasteiger partial charge in [-0.25, -0.2) is 0 Å². The minimum Gasteiger partial charge on any atom is -0.480 e. The number of esters is 1. The van der Waals surface area contributed by atoms with Gasteiger partial charge < -0.3 is 20.1 Å². The van der Waals surface area contributed by atoms with Crippen molar-refractivity contribution in [2.24, 2.45) is 5.41 Å². The van der Waals surface area contributed by atoms with Crippen molar-refractivity contribution in [3.8, 4) is 0 Å². The van der Waals surface area contributed by atoms with Crippen LogP contribution in [0.4, 0.5) is 0 Å². The number of aliphatic hydroxyl groups excluding tert-OH is 2. The summed E-state index contributed by atoms with van der Waals surface area (Å²) in [5, 5.41) is 26.6. The van der Waals surface area contributed by atoms with Gasteiger partial charge in [-0.05, 0) is 13.8 Å². The Morgan fingerprint density at radius 3 is 2.33 bits per heavy atom. The first-order valence-electron chi connectivity index (χ1n) is 4.58. The highest BCUT2D eigenvalue weighted by molar-refractivity contribution is 5.98. The van der Waals surface area contributed by atoms with Crippen LogP contribution in [0.3, 0.4) is 0 Å². The second-order valence-electron chi connectivity index (χ2n) is 3.40. The molecule has 0 rings (SSSR count). The van der Waals surface area contributed by atoms with E-state index in [0.29, 0.717) is 0 Å². The average Bonchev–Trinajstić information content (AvgIpc) is 2.17. The summed E-state index contributed by atoms with van der Waals surface area (Å²) in [6.45, 7) is 2.19. The number of hydrogen-bond acceptors (Lipinski definition) is 5. The third kappa shape index (κ3) is 3.49. The summed E-state index contributed by atoms with van der Waals surface area (Å²) in [4.78, 5) is 22.3. The molecule has 2 unspecified atom stereocenters. The van der Waals surface area contributed by atoms with E-state index in [1.165, 1.54) is 0 Å². The predicted octanol–water partition coefficient (Wildman–Crippen LogP) is -0.616. The molecular weight excluding hydrogens is 204 g/mol. The lowest BCUT2D eigenvalue weighted by Crippen LogP contribution is -2.41. The lowest BCUT2D eigenvalue weighted by atomic mass is 9.84. The molecule has 0 aromatic carbocycles. The second kappa shape index (κ2) is 5.67. The molecule has 0 fully saturated rings. The average molecular weight is 220 g/mol. The summed E-state index contributed by atoms with van der Waals surface area (Å²) in [6.07, 6.45) is -1.63. The maximum Gasteiger partial charge on any atom is 0.323 e. The molecular formula is C9H16O6. The van der Waals surface area contributed by atoms with Crippen molar-refractivity contribution < 1.29 is 29.6 Å². The number of carbonyl (C=O) groups excluding carboxylic acids is 1. The van der Waals surface area contributed by atoms with Crippen LogP contribution in [0, 0.1) is 5.41 Å². The van der Waals surface area contributed by atoms with Crippen LogP contribution in [0.1, 0.15) is 20.3 Å². The smallest absolute Gasteiger partial charge is 0.323 e. The largest absolute Gasteiger partial charge is 0.480 e. The quantitative estimate of drug-likeness (QED) is 0.407. The number of aliphatic carboxylic acids is 1. The first-order valence-corrected chi connectivity index (χ1v) is 4.58. The Hall–Kier alpha value is -1.14. The van der Waals surface area contributed by atoms with E-state index in [2.05, 4.69) is 4.74 Å². The van der Waals surface area contributed by atoms with Crippen LogP contribution in [0.2, 0.25) is 0 Å². The van der Waals surface area contributed by atoms with Gasteiger partial charge in [-0.15, -0.1) is 0 Å². The molecule has 3 N–H and O–H groups in total. The maximum atomic E-state index is 11.4. The first kappa shape index (κ1) is 13.9. The van der Waals surface area contributed by atoms with Crippen LogP contribution in [0.25, 0.3) is 0 Å². The summed E-state index contributed by atoms with van der Waals surface area (Å²) in [7, 11) is 0. The Morgan fingerprint density at radius 1 is 1.47 bits per heavy atom. The van der Waals surface area contributed by atoms with E-state index in [9.17, 15) is 9.59 Å². The molecule has 2 atom stereocenters. The molecule has 0 aliphatic heterocycles. The fraction of sp³-hybridized carbons (Fsp3) is 0.778. The number of hydrogen-bond donors (Lipinski definition) is 3. The Kier molecular flexibility index (Phi) is 5.24. The molecule has 0 spiro atoms. The van der Waals surface area contributed by atoms with Gasteiger partial charge in [0, 0.05) is 6.42 Å². The van der Waals surface area contributed by atoms with E-state index in [1.807, 2.05) is 0 Å². The molecule has 0 aromatic rings. The minimum atomic E-state index is -1.82. The molecule has 6 heteroatoms. The highest BCUT2D eigenvalue weighted by atomic mass is 16.5. The zero-order valence-corrected chi connectivity index (χ0v) is 8.77. The third-order valence-corrected chi connectivity index (χ3v) is 2.05. The normalized spacial score (nSPS) is 16.5. The summed E-state index contributed by atoms with van der Waals surface area (Å²) in [5.74, 6) is -2.29. The fourth-order valence-electron chi connectivity index (χ4n) is 1.08. The van der Waals surface area contributed by atoms with Crippen LogP contribution in [0.15, 0.2) is 0 Å². The van der Waals surface area contributed by atoms with Crippen molar-refractivity contribution in [2.45, 2.75) is 26.4 Å². The minimum absolute atomic E-state index is 0.0664. The van der Waals surface area contributed by atoms with Crippen LogP contribution in [0.5, 0.6) is 0 Å². The third-order valence-electron chi connectivity index (χ3n) is 2.05. The molecule has 0 aliphatic carbocycles. The van der Waals surface area contributed by atoms with E-state index in [4.69, 9.17) is 15.3 Å². The number of carboxylic acid groups (broad SMARTS) is 1. The van der Waals surface area contributed by atoms with E-state index in [-0.39, 0.29) is 13.0 Å². The number of carboxylic acids is 1. The summed E-state index contributed by atoms with van der Waals surface area (Å²) >= 11 is 0. The van der Waals surface area contributed by atoms with E-state index in [0.717, 1.165) is 6.92 Å². The Balaban J connectivity index is 4.73. The Bertz CT molecular complexity index is 239. The molecule has 0 saturated carbocycles. The van der Waals surface area contributed by atoms with E-state index in [1.54, 1.807) is 6.92 Å². The van der Waals surface area contributed by atoms with E-state index < -0.39 is 30.1 Å². The van der Waals surface area contributed by atoms with Gasteiger partial charge in [-0.3, -0.25) is 9.59 Å². The van der Waals surface area contributed by atoms with Gasteiger partial charge in [0.2, 0.25) is 0 Å². The van der Waals surface area contributed by atoms with Crippen LogP contribution in [-0.2, 0) is 14.3 Å². The highest BCUT2D eigenvalue weighted by Gasteiger charge is 2.44. The van der Waals surface area contributed by atoms with Gasteiger partial charge in [0.05, 0.1) is 19.3 Å². The molecule has 0 amide bonds. The van der Waals surface area contributed by atoms with E-state index >= 15 is 0 Å². The predicted molar refractivity (Wildman–Crippen MR) is 50.1 cm³/mol. The number of carbonyl (C=O) groups is 2. The number of ether oxygens (including phenoxy) is 1. The number of aliphatic hydroxyl groups is 2. The standard InChI is InChI=1S/C9H16O6/c1-3-15-8(14)9(2,7(12)13)4-6(11)5-10/h6,10-11H,3-5H2,1-2H3,(H,12,13). The van der Waals surface area contributed by atoms with Gasteiger partial charge in [0.15, 0.2) is 5.41 Å². The SMILES string of the molecule is CCOC(=O)C(C)(CC(O)CO)C(=O)O.